The Hall–Kier alpha value is -2.37. The molecule has 4 aromatic heterocycles. The van der Waals surface area contributed by atoms with Crippen molar-refractivity contribution in [1.29, 1.82) is 0 Å². The summed E-state index contributed by atoms with van der Waals surface area (Å²) in [5.41, 5.74) is 1.95. The molecule has 0 spiro atoms. The largest absolute Gasteiger partial charge is 0.452 e. The van der Waals surface area contributed by atoms with Crippen LogP contribution in [0.25, 0.3) is 22.6 Å². The molecule has 0 unspecified atom stereocenters. The molecule has 0 atom stereocenters. The van der Waals surface area contributed by atoms with Gasteiger partial charge in [-0.15, -0.1) is 0 Å². The van der Waals surface area contributed by atoms with Crippen molar-refractivity contribution in [2.45, 2.75) is 0 Å². The van der Waals surface area contributed by atoms with Crippen molar-refractivity contribution in [3.63, 3.8) is 0 Å². The number of thiophene rings is 2. The molecule has 0 aliphatic heterocycles. The first kappa shape index (κ1) is 13.3. The average molecular weight is 326 g/mol. The predicted octanol–water partition coefficient (Wildman–Crippen LogP) is 5.56. The lowest BCUT2D eigenvalue weighted by Gasteiger charge is -1.94. The smallest absolute Gasteiger partial charge is 0.263 e. The van der Waals surface area contributed by atoms with E-state index in [-0.39, 0.29) is 17.3 Å². The van der Waals surface area contributed by atoms with Crippen LogP contribution in [-0.2, 0) is 0 Å². The average Bonchev–Trinajstić information content (AvgIpc) is 3.35. The molecule has 108 valence electrons. The van der Waals surface area contributed by atoms with Crippen LogP contribution >= 0.6 is 22.7 Å². The highest BCUT2D eigenvalue weighted by atomic mass is 32.1. The third-order valence-electron chi connectivity index (χ3n) is 3.27. The third-order valence-corrected chi connectivity index (χ3v) is 4.64. The second kappa shape index (κ2) is 5.44. The number of carbonyl (C=O) groups is 1. The van der Waals surface area contributed by atoms with Gasteiger partial charge in [-0.2, -0.15) is 22.7 Å². The molecule has 5 heteroatoms. The van der Waals surface area contributed by atoms with E-state index in [2.05, 4.69) is 0 Å². The molecule has 4 rings (SSSR count). The fraction of sp³-hybridized carbons (Fsp3) is 0. The maximum atomic E-state index is 12.4. The van der Waals surface area contributed by atoms with Gasteiger partial charge < -0.3 is 8.83 Å². The molecule has 0 bridgehead atoms. The van der Waals surface area contributed by atoms with Crippen LogP contribution in [0.5, 0.6) is 0 Å². The summed E-state index contributed by atoms with van der Waals surface area (Å²) < 4.78 is 11.3. The molecule has 0 fully saturated rings. The van der Waals surface area contributed by atoms with Crippen molar-refractivity contribution < 1.29 is 13.6 Å². The van der Waals surface area contributed by atoms with Crippen LogP contribution in [-0.4, -0.2) is 5.78 Å². The summed E-state index contributed by atoms with van der Waals surface area (Å²) in [6.07, 6.45) is 0. The number of hydrogen-bond acceptors (Lipinski definition) is 5. The van der Waals surface area contributed by atoms with Crippen LogP contribution in [0.4, 0.5) is 0 Å². The molecule has 0 saturated heterocycles. The van der Waals surface area contributed by atoms with E-state index in [4.69, 9.17) is 8.83 Å². The fourth-order valence-electron chi connectivity index (χ4n) is 2.16. The van der Waals surface area contributed by atoms with E-state index < -0.39 is 0 Å². The highest BCUT2D eigenvalue weighted by molar-refractivity contribution is 7.08. The van der Waals surface area contributed by atoms with Crippen molar-refractivity contribution in [3.8, 4) is 22.6 Å². The number of rotatable bonds is 4. The van der Waals surface area contributed by atoms with Crippen molar-refractivity contribution in [2.24, 2.45) is 0 Å². The molecule has 0 aromatic carbocycles. The van der Waals surface area contributed by atoms with Crippen LogP contribution in [0.2, 0.25) is 0 Å². The van der Waals surface area contributed by atoms with E-state index in [0.29, 0.717) is 11.5 Å². The molecular formula is C17H10O3S2. The number of hydrogen-bond donors (Lipinski definition) is 0. The van der Waals surface area contributed by atoms with Crippen LogP contribution in [0.1, 0.15) is 16.3 Å². The summed E-state index contributed by atoms with van der Waals surface area (Å²) in [5.74, 6) is 1.70. The SMILES string of the molecule is O=C(c1ccc(-c2ccsc2)o1)c1ccc(-c2ccsc2)o1. The van der Waals surface area contributed by atoms with Crippen LogP contribution < -0.4 is 0 Å². The minimum atomic E-state index is -0.247. The van der Waals surface area contributed by atoms with Gasteiger partial charge in [0.05, 0.1) is 0 Å². The monoisotopic (exact) mass is 326 g/mol. The maximum Gasteiger partial charge on any atom is 0.263 e. The van der Waals surface area contributed by atoms with Gasteiger partial charge in [0.2, 0.25) is 0 Å². The Balaban J connectivity index is 1.62. The van der Waals surface area contributed by atoms with Gasteiger partial charge in [0.15, 0.2) is 11.5 Å². The Morgan fingerprint density at radius 2 is 1.23 bits per heavy atom. The maximum absolute atomic E-state index is 12.4. The van der Waals surface area contributed by atoms with Gasteiger partial charge in [0.25, 0.3) is 5.78 Å². The van der Waals surface area contributed by atoms with Gasteiger partial charge in [0.1, 0.15) is 11.5 Å². The molecule has 0 radical (unpaired) electrons. The topological polar surface area (TPSA) is 43.4 Å². The summed E-state index contributed by atoms with van der Waals surface area (Å²) >= 11 is 3.18. The highest BCUT2D eigenvalue weighted by Gasteiger charge is 2.18. The summed E-state index contributed by atoms with van der Waals surface area (Å²) in [5, 5.41) is 7.90. The van der Waals surface area contributed by atoms with Crippen molar-refractivity contribution in [3.05, 3.63) is 69.4 Å². The lowest BCUT2D eigenvalue weighted by Crippen LogP contribution is -1.96. The molecule has 3 nitrogen and oxygen atoms in total. The molecule has 0 aliphatic carbocycles. The first-order valence-electron chi connectivity index (χ1n) is 6.61. The van der Waals surface area contributed by atoms with E-state index in [1.165, 1.54) is 0 Å². The fourth-order valence-corrected chi connectivity index (χ4v) is 3.45. The molecule has 0 amide bonds. The number of furan rings is 2. The lowest BCUT2D eigenvalue weighted by molar-refractivity contribution is 0.0985. The summed E-state index contributed by atoms with van der Waals surface area (Å²) in [7, 11) is 0. The zero-order valence-electron chi connectivity index (χ0n) is 11.3. The second-order valence-electron chi connectivity index (χ2n) is 4.68. The van der Waals surface area contributed by atoms with E-state index in [1.807, 2.05) is 33.7 Å². The zero-order chi connectivity index (χ0) is 14.9. The molecule has 4 heterocycles. The van der Waals surface area contributed by atoms with Gasteiger partial charge >= 0.3 is 0 Å². The van der Waals surface area contributed by atoms with Crippen molar-refractivity contribution in [1.82, 2.24) is 0 Å². The van der Waals surface area contributed by atoms with E-state index in [9.17, 15) is 4.79 Å². The minimum Gasteiger partial charge on any atom is -0.452 e. The van der Waals surface area contributed by atoms with E-state index >= 15 is 0 Å². The Bertz CT molecular complexity index is 821. The summed E-state index contributed by atoms with van der Waals surface area (Å²) in [4.78, 5) is 12.4. The quantitative estimate of drug-likeness (QED) is 0.461. The Morgan fingerprint density at radius 1 is 0.727 bits per heavy atom. The predicted molar refractivity (Wildman–Crippen MR) is 87.5 cm³/mol. The van der Waals surface area contributed by atoms with Gasteiger partial charge in [-0.25, -0.2) is 0 Å². The molecule has 0 aliphatic rings. The lowest BCUT2D eigenvalue weighted by atomic mass is 10.2. The standard InChI is InChI=1S/C17H10O3S2/c18-17(15-3-1-13(19-15)11-5-7-21-9-11)16-4-2-14(20-16)12-6-8-22-10-12/h1-10H. The van der Waals surface area contributed by atoms with Gasteiger partial charge in [0, 0.05) is 21.9 Å². The molecule has 4 aromatic rings. The summed E-state index contributed by atoms with van der Waals surface area (Å²) in [6, 6.07) is 10.9. The Labute approximate surface area is 134 Å². The molecular weight excluding hydrogens is 316 g/mol. The highest BCUT2D eigenvalue weighted by Crippen LogP contribution is 2.28. The summed E-state index contributed by atoms with van der Waals surface area (Å²) in [6.45, 7) is 0. The number of carbonyl (C=O) groups excluding carboxylic acids is 1. The van der Waals surface area contributed by atoms with Gasteiger partial charge in [-0.1, -0.05) is 0 Å². The van der Waals surface area contributed by atoms with Gasteiger partial charge in [-0.3, -0.25) is 4.79 Å². The van der Waals surface area contributed by atoms with Crippen molar-refractivity contribution in [2.75, 3.05) is 0 Å². The van der Waals surface area contributed by atoms with Gasteiger partial charge in [-0.05, 0) is 47.2 Å². The second-order valence-corrected chi connectivity index (χ2v) is 6.24. The van der Waals surface area contributed by atoms with Crippen LogP contribution in [0, 0.1) is 0 Å². The van der Waals surface area contributed by atoms with E-state index in [0.717, 1.165) is 11.1 Å². The van der Waals surface area contributed by atoms with Crippen LogP contribution in [0.15, 0.2) is 66.8 Å². The van der Waals surface area contributed by atoms with Crippen molar-refractivity contribution >= 4 is 28.5 Å². The molecule has 0 N–H and O–H groups in total. The molecule has 0 saturated carbocycles. The number of ketones is 1. The van der Waals surface area contributed by atoms with E-state index in [1.54, 1.807) is 46.9 Å². The third kappa shape index (κ3) is 2.34. The minimum absolute atomic E-state index is 0.247. The zero-order valence-corrected chi connectivity index (χ0v) is 12.9. The molecule has 22 heavy (non-hydrogen) atoms. The first-order chi connectivity index (χ1) is 10.8. The Kier molecular flexibility index (Phi) is 3.29. The van der Waals surface area contributed by atoms with Crippen LogP contribution in [0.3, 0.4) is 0 Å². The first-order valence-corrected chi connectivity index (χ1v) is 8.49. The Morgan fingerprint density at radius 3 is 1.64 bits per heavy atom. The normalized spacial score (nSPS) is 10.9.